The number of piperazine rings is 1. The Bertz CT molecular complexity index is 709. The van der Waals surface area contributed by atoms with E-state index in [1.807, 2.05) is 9.80 Å². The molecule has 1 aliphatic heterocycles. The van der Waals surface area contributed by atoms with Gasteiger partial charge in [-0.3, -0.25) is 0 Å². The first-order valence-corrected chi connectivity index (χ1v) is 7.54. The molecule has 0 aliphatic carbocycles. The van der Waals surface area contributed by atoms with E-state index >= 15 is 0 Å². The molecule has 7 heteroatoms. The van der Waals surface area contributed by atoms with E-state index < -0.39 is 11.7 Å². The summed E-state index contributed by atoms with van der Waals surface area (Å²) in [6.45, 7) is 2.41. The first-order chi connectivity index (χ1) is 11.3. The SMILES string of the molecule is Oc1ccc(O)c(N2CCN(c3ccc(C(F)(F)F)cc3)CC2)c1. The Morgan fingerprint density at radius 2 is 1.38 bits per heavy atom. The molecule has 0 aromatic heterocycles. The van der Waals surface area contributed by atoms with Crippen LogP contribution in [-0.4, -0.2) is 36.4 Å². The van der Waals surface area contributed by atoms with Gasteiger partial charge in [0.05, 0.1) is 11.3 Å². The Kier molecular flexibility index (Phi) is 4.17. The fourth-order valence-corrected chi connectivity index (χ4v) is 2.83. The minimum atomic E-state index is -4.33. The third kappa shape index (κ3) is 3.34. The van der Waals surface area contributed by atoms with Crippen LogP contribution in [0.3, 0.4) is 0 Å². The summed E-state index contributed by atoms with van der Waals surface area (Å²) >= 11 is 0. The molecule has 24 heavy (non-hydrogen) atoms. The minimum absolute atomic E-state index is 0.0768. The van der Waals surface area contributed by atoms with Crippen LogP contribution in [0.5, 0.6) is 11.5 Å². The van der Waals surface area contributed by atoms with Crippen LogP contribution in [0.15, 0.2) is 42.5 Å². The summed E-state index contributed by atoms with van der Waals surface area (Å²) in [4.78, 5) is 3.94. The summed E-state index contributed by atoms with van der Waals surface area (Å²) in [7, 11) is 0. The molecule has 1 saturated heterocycles. The Morgan fingerprint density at radius 1 is 0.792 bits per heavy atom. The average Bonchev–Trinajstić information content (AvgIpc) is 2.57. The maximum atomic E-state index is 12.6. The number of hydrogen-bond acceptors (Lipinski definition) is 4. The van der Waals surface area contributed by atoms with Crippen molar-refractivity contribution in [3.63, 3.8) is 0 Å². The number of phenolic OH excluding ortho intramolecular Hbond substituents is 2. The van der Waals surface area contributed by atoms with Crippen molar-refractivity contribution in [2.24, 2.45) is 0 Å². The lowest BCUT2D eigenvalue weighted by Gasteiger charge is -2.37. The predicted octanol–water partition coefficient (Wildman–Crippen LogP) is 3.44. The van der Waals surface area contributed by atoms with Crippen molar-refractivity contribution in [2.45, 2.75) is 6.18 Å². The first kappa shape index (κ1) is 16.3. The highest BCUT2D eigenvalue weighted by molar-refractivity contribution is 5.62. The zero-order valence-corrected chi connectivity index (χ0v) is 12.8. The molecule has 1 heterocycles. The fourth-order valence-electron chi connectivity index (χ4n) is 2.83. The fraction of sp³-hybridized carbons (Fsp3) is 0.294. The molecule has 0 atom stereocenters. The van der Waals surface area contributed by atoms with Gasteiger partial charge in [0.2, 0.25) is 0 Å². The van der Waals surface area contributed by atoms with E-state index in [4.69, 9.17) is 0 Å². The number of alkyl halides is 3. The van der Waals surface area contributed by atoms with Crippen molar-refractivity contribution in [3.05, 3.63) is 48.0 Å². The third-order valence-electron chi connectivity index (χ3n) is 4.14. The molecule has 0 saturated carbocycles. The lowest BCUT2D eigenvalue weighted by molar-refractivity contribution is -0.137. The average molecular weight is 338 g/mol. The van der Waals surface area contributed by atoms with Gasteiger partial charge in [0, 0.05) is 37.9 Å². The van der Waals surface area contributed by atoms with Gasteiger partial charge in [-0.05, 0) is 36.4 Å². The molecule has 2 N–H and O–H groups in total. The van der Waals surface area contributed by atoms with Crippen LogP contribution in [0.25, 0.3) is 0 Å². The van der Waals surface area contributed by atoms with E-state index in [1.165, 1.54) is 30.3 Å². The molecular weight excluding hydrogens is 321 g/mol. The second-order valence-corrected chi connectivity index (χ2v) is 5.69. The molecule has 3 rings (SSSR count). The van der Waals surface area contributed by atoms with Gasteiger partial charge in [0.25, 0.3) is 0 Å². The zero-order chi connectivity index (χ0) is 17.3. The molecule has 0 radical (unpaired) electrons. The smallest absolute Gasteiger partial charge is 0.416 e. The molecule has 2 aromatic carbocycles. The summed E-state index contributed by atoms with van der Waals surface area (Å²) in [5.74, 6) is 0.170. The van der Waals surface area contributed by atoms with Crippen molar-refractivity contribution in [1.82, 2.24) is 0 Å². The number of rotatable bonds is 2. The lowest BCUT2D eigenvalue weighted by Crippen LogP contribution is -2.46. The molecule has 4 nitrogen and oxygen atoms in total. The summed E-state index contributed by atoms with van der Waals surface area (Å²) in [5.41, 5.74) is 0.638. The highest BCUT2D eigenvalue weighted by Gasteiger charge is 2.30. The maximum absolute atomic E-state index is 12.6. The van der Waals surface area contributed by atoms with Gasteiger partial charge < -0.3 is 20.0 Å². The second-order valence-electron chi connectivity index (χ2n) is 5.69. The lowest BCUT2D eigenvalue weighted by atomic mass is 10.1. The van der Waals surface area contributed by atoms with Crippen LogP contribution in [0.1, 0.15) is 5.56 Å². The van der Waals surface area contributed by atoms with E-state index in [-0.39, 0.29) is 11.5 Å². The van der Waals surface area contributed by atoms with Gasteiger partial charge in [0.1, 0.15) is 11.5 Å². The van der Waals surface area contributed by atoms with Gasteiger partial charge in [-0.1, -0.05) is 0 Å². The predicted molar refractivity (Wildman–Crippen MR) is 85.6 cm³/mol. The maximum Gasteiger partial charge on any atom is 0.416 e. The van der Waals surface area contributed by atoms with Gasteiger partial charge in [0.15, 0.2) is 0 Å². The number of anilines is 2. The van der Waals surface area contributed by atoms with Crippen LogP contribution in [-0.2, 0) is 6.18 Å². The monoisotopic (exact) mass is 338 g/mol. The Morgan fingerprint density at radius 3 is 1.96 bits per heavy atom. The van der Waals surface area contributed by atoms with E-state index in [2.05, 4.69) is 0 Å². The molecule has 0 unspecified atom stereocenters. The summed E-state index contributed by atoms with van der Waals surface area (Å²) in [6, 6.07) is 9.48. The first-order valence-electron chi connectivity index (χ1n) is 7.54. The van der Waals surface area contributed by atoms with Gasteiger partial charge >= 0.3 is 6.18 Å². The number of benzene rings is 2. The van der Waals surface area contributed by atoms with Gasteiger partial charge in [-0.2, -0.15) is 13.2 Å². The number of aromatic hydroxyl groups is 2. The molecule has 128 valence electrons. The number of halogens is 3. The van der Waals surface area contributed by atoms with Crippen molar-refractivity contribution >= 4 is 11.4 Å². The third-order valence-corrected chi connectivity index (χ3v) is 4.14. The van der Waals surface area contributed by atoms with Crippen molar-refractivity contribution < 1.29 is 23.4 Å². The highest BCUT2D eigenvalue weighted by atomic mass is 19.4. The normalized spacial score (nSPS) is 15.6. The van der Waals surface area contributed by atoms with Crippen LogP contribution in [0, 0.1) is 0 Å². The van der Waals surface area contributed by atoms with E-state index in [0.29, 0.717) is 31.9 Å². The van der Waals surface area contributed by atoms with E-state index in [9.17, 15) is 23.4 Å². The van der Waals surface area contributed by atoms with E-state index in [1.54, 1.807) is 0 Å². The van der Waals surface area contributed by atoms with Crippen LogP contribution < -0.4 is 9.80 Å². The summed E-state index contributed by atoms with van der Waals surface area (Å²) in [5, 5.41) is 19.5. The molecule has 1 fully saturated rings. The minimum Gasteiger partial charge on any atom is -0.508 e. The van der Waals surface area contributed by atoms with Crippen LogP contribution in [0.4, 0.5) is 24.5 Å². The van der Waals surface area contributed by atoms with E-state index in [0.717, 1.165) is 17.8 Å². The summed E-state index contributed by atoms with van der Waals surface area (Å²) < 4.78 is 37.8. The van der Waals surface area contributed by atoms with Crippen molar-refractivity contribution in [1.29, 1.82) is 0 Å². The zero-order valence-electron chi connectivity index (χ0n) is 12.8. The molecule has 0 spiro atoms. The Hall–Kier alpha value is -2.57. The largest absolute Gasteiger partial charge is 0.508 e. The number of hydrogen-bond donors (Lipinski definition) is 2. The summed E-state index contributed by atoms with van der Waals surface area (Å²) in [6.07, 6.45) is -4.33. The van der Waals surface area contributed by atoms with Gasteiger partial charge in [-0.25, -0.2) is 0 Å². The molecule has 0 bridgehead atoms. The standard InChI is InChI=1S/C17H17F3N2O2/c18-17(19,20)12-1-3-13(4-2-12)21-7-9-22(10-8-21)15-11-14(23)5-6-16(15)24/h1-6,11,23-24H,7-10H2. The Balaban J connectivity index is 1.68. The van der Waals surface area contributed by atoms with Crippen LogP contribution >= 0.6 is 0 Å². The molecule has 2 aromatic rings. The highest BCUT2D eigenvalue weighted by Crippen LogP contribution is 2.33. The van der Waals surface area contributed by atoms with Crippen LogP contribution in [0.2, 0.25) is 0 Å². The molecule has 0 amide bonds. The topological polar surface area (TPSA) is 46.9 Å². The molecule has 1 aliphatic rings. The quantitative estimate of drug-likeness (QED) is 0.824. The number of nitrogens with zero attached hydrogens (tertiary/aromatic N) is 2. The van der Waals surface area contributed by atoms with Crippen molar-refractivity contribution in [3.8, 4) is 11.5 Å². The Labute approximate surface area is 137 Å². The van der Waals surface area contributed by atoms with Gasteiger partial charge in [-0.15, -0.1) is 0 Å². The van der Waals surface area contributed by atoms with Crippen molar-refractivity contribution in [2.75, 3.05) is 36.0 Å². The second kappa shape index (κ2) is 6.14. The number of phenols is 2. The molecular formula is C17H17F3N2O2.